The van der Waals surface area contributed by atoms with Crippen LogP contribution >= 0.6 is 11.8 Å². The van der Waals surface area contributed by atoms with Gasteiger partial charge in [-0.05, 0) is 58.0 Å². The summed E-state index contributed by atoms with van der Waals surface area (Å²) in [6.45, 7) is 2.54. The number of rotatable bonds is 5. The molecule has 15 heavy (non-hydrogen) atoms. The fourth-order valence-electron chi connectivity index (χ4n) is 2.64. The van der Waals surface area contributed by atoms with Crippen molar-refractivity contribution in [3.05, 3.63) is 0 Å². The first kappa shape index (κ1) is 11.7. The maximum Gasteiger partial charge on any atom is 0.0191 e. The van der Waals surface area contributed by atoms with Crippen molar-refractivity contribution in [1.29, 1.82) is 0 Å². The predicted molar refractivity (Wildman–Crippen MR) is 68.6 cm³/mol. The Balaban J connectivity index is 1.56. The Hall–Kier alpha value is 0.270. The summed E-state index contributed by atoms with van der Waals surface area (Å²) < 4.78 is 0. The Labute approximate surface area is 98.2 Å². The van der Waals surface area contributed by atoms with Gasteiger partial charge in [-0.25, -0.2) is 0 Å². The van der Waals surface area contributed by atoms with Gasteiger partial charge in [0.1, 0.15) is 0 Å². The van der Waals surface area contributed by atoms with E-state index in [-0.39, 0.29) is 0 Å². The molecule has 2 rings (SSSR count). The third kappa shape index (κ3) is 3.65. The van der Waals surface area contributed by atoms with Crippen LogP contribution < -0.4 is 5.32 Å². The smallest absolute Gasteiger partial charge is 0.0191 e. The van der Waals surface area contributed by atoms with Gasteiger partial charge in [0.25, 0.3) is 0 Å². The zero-order valence-electron chi connectivity index (χ0n) is 9.87. The molecule has 2 saturated heterocycles. The lowest BCUT2D eigenvalue weighted by Crippen LogP contribution is -2.33. The summed E-state index contributed by atoms with van der Waals surface area (Å²) in [4.78, 5) is 2.58. The molecule has 88 valence electrons. The Morgan fingerprint density at radius 2 is 2.33 bits per heavy atom. The highest BCUT2D eigenvalue weighted by Crippen LogP contribution is 2.21. The molecule has 0 amide bonds. The van der Waals surface area contributed by atoms with Crippen LogP contribution in [0.4, 0.5) is 0 Å². The molecule has 0 aliphatic carbocycles. The molecule has 0 aromatic rings. The minimum absolute atomic E-state index is 0.830. The second-order valence-electron chi connectivity index (χ2n) is 4.93. The molecule has 0 radical (unpaired) electrons. The Morgan fingerprint density at radius 3 is 3.00 bits per heavy atom. The number of nitrogens with zero attached hydrogens (tertiary/aromatic N) is 1. The number of hydrogen-bond acceptors (Lipinski definition) is 3. The van der Waals surface area contributed by atoms with Crippen molar-refractivity contribution in [1.82, 2.24) is 10.2 Å². The summed E-state index contributed by atoms with van der Waals surface area (Å²) in [7, 11) is 2.30. The van der Waals surface area contributed by atoms with Crippen molar-refractivity contribution < 1.29 is 0 Å². The maximum absolute atomic E-state index is 3.58. The van der Waals surface area contributed by atoms with Crippen LogP contribution in [0.1, 0.15) is 32.1 Å². The van der Waals surface area contributed by atoms with Gasteiger partial charge in [-0.1, -0.05) is 0 Å². The molecule has 0 aromatic heterocycles. The molecular weight excluding hydrogens is 204 g/mol. The van der Waals surface area contributed by atoms with E-state index >= 15 is 0 Å². The molecule has 2 atom stereocenters. The van der Waals surface area contributed by atoms with Crippen LogP contribution in [0, 0.1) is 0 Å². The third-order valence-corrected chi connectivity index (χ3v) is 4.90. The van der Waals surface area contributed by atoms with Crippen LogP contribution in [0.3, 0.4) is 0 Å². The quantitative estimate of drug-likeness (QED) is 0.774. The average molecular weight is 228 g/mol. The Kier molecular flexibility index (Phi) is 4.79. The van der Waals surface area contributed by atoms with Crippen molar-refractivity contribution in [2.45, 2.75) is 44.2 Å². The van der Waals surface area contributed by atoms with Gasteiger partial charge in [-0.15, -0.1) is 0 Å². The first-order valence-electron chi connectivity index (χ1n) is 6.37. The summed E-state index contributed by atoms with van der Waals surface area (Å²) in [6.07, 6.45) is 6.95. The molecule has 2 nitrogen and oxygen atoms in total. The molecule has 2 aliphatic heterocycles. The van der Waals surface area contributed by atoms with Crippen LogP contribution in [0.2, 0.25) is 0 Å². The van der Waals surface area contributed by atoms with Crippen LogP contribution in [0.15, 0.2) is 0 Å². The maximum atomic E-state index is 3.58. The topological polar surface area (TPSA) is 15.3 Å². The minimum atomic E-state index is 0.830. The lowest BCUT2D eigenvalue weighted by molar-refractivity contribution is 0.253. The lowest BCUT2D eigenvalue weighted by Gasteiger charge is -2.23. The van der Waals surface area contributed by atoms with Gasteiger partial charge >= 0.3 is 0 Å². The van der Waals surface area contributed by atoms with Crippen LogP contribution in [0.5, 0.6) is 0 Å². The molecule has 2 aliphatic rings. The van der Waals surface area contributed by atoms with E-state index < -0.39 is 0 Å². The summed E-state index contributed by atoms with van der Waals surface area (Å²) in [5.41, 5.74) is 0. The van der Waals surface area contributed by atoms with Crippen molar-refractivity contribution in [2.75, 3.05) is 31.6 Å². The SMILES string of the molecule is CN(CCCC1CCCN1)C1CCSC1. The summed E-state index contributed by atoms with van der Waals surface area (Å²) in [5, 5.41) is 3.58. The third-order valence-electron chi connectivity index (χ3n) is 3.75. The Bertz CT molecular complexity index is 174. The van der Waals surface area contributed by atoms with Crippen molar-refractivity contribution in [3.63, 3.8) is 0 Å². The first-order valence-corrected chi connectivity index (χ1v) is 7.53. The second kappa shape index (κ2) is 6.12. The van der Waals surface area contributed by atoms with Gasteiger partial charge in [0, 0.05) is 17.8 Å². The van der Waals surface area contributed by atoms with Crippen molar-refractivity contribution in [3.8, 4) is 0 Å². The minimum Gasteiger partial charge on any atom is -0.314 e. The van der Waals surface area contributed by atoms with Crippen molar-refractivity contribution >= 4 is 11.8 Å². The molecule has 2 unspecified atom stereocenters. The highest BCUT2D eigenvalue weighted by molar-refractivity contribution is 7.99. The standard InChI is InChI=1S/C12H24N2S/c1-14(12-6-9-15-10-12)8-3-5-11-4-2-7-13-11/h11-13H,2-10H2,1H3. The lowest BCUT2D eigenvalue weighted by atomic mass is 10.1. The largest absolute Gasteiger partial charge is 0.314 e. The first-order chi connectivity index (χ1) is 7.36. The number of thioether (sulfide) groups is 1. The normalized spacial score (nSPS) is 31.6. The number of nitrogens with one attached hydrogen (secondary N) is 1. The fraction of sp³-hybridized carbons (Fsp3) is 1.00. The highest BCUT2D eigenvalue weighted by atomic mass is 32.2. The van der Waals surface area contributed by atoms with Gasteiger partial charge < -0.3 is 10.2 Å². The molecule has 2 fully saturated rings. The molecule has 0 spiro atoms. The zero-order valence-corrected chi connectivity index (χ0v) is 10.7. The molecule has 2 heterocycles. The van der Waals surface area contributed by atoms with Gasteiger partial charge in [0.2, 0.25) is 0 Å². The second-order valence-corrected chi connectivity index (χ2v) is 6.08. The monoisotopic (exact) mass is 228 g/mol. The van der Waals surface area contributed by atoms with Crippen LogP contribution in [-0.2, 0) is 0 Å². The molecule has 0 saturated carbocycles. The highest BCUT2D eigenvalue weighted by Gasteiger charge is 2.20. The van der Waals surface area contributed by atoms with E-state index in [4.69, 9.17) is 0 Å². The molecule has 0 bridgehead atoms. The van der Waals surface area contributed by atoms with E-state index in [2.05, 4.69) is 29.0 Å². The van der Waals surface area contributed by atoms with Gasteiger partial charge in [0.05, 0.1) is 0 Å². The van der Waals surface area contributed by atoms with E-state index in [1.54, 1.807) is 0 Å². The number of hydrogen-bond donors (Lipinski definition) is 1. The van der Waals surface area contributed by atoms with Crippen molar-refractivity contribution in [2.24, 2.45) is 0 Å². The summed E-state index contributed by atoms with van der Waals surface area (Å²) >= 11 is 2.12. The summed E-state index contributed by atoms with van der Waals surface area (Å²) in [5.74, 6) is 2.73. The van der Waals surface area contributed by atoms with Crippen LogP contribution in [0.25, 0.3) is 0 Å². The molecule has 3 heteroatoms. The molecule has 0 aromatic carbocycles. The van der Waals surface area contributed by atoms with E-state index in [0.29, 0.717) is 0 Å². The zero-order chi connectivity index (χ0) is 10.5. The van der Waals surface area contributed by atoms with Gasteiger partial charge in [-0.3, -0.25) is 0 Å². The van der Waals surface area contributed by atoms with E-state index in [0.717, 1.165) is 12.1 Å². The van der Waals surface area contributed by atoms with E-state index in [1.165, 1.54) is 56.7 Å². The van der Waals surface area contributed by atoms with Gasteiger partial charge in [-0.2, -0.15) is 11.8 Å². The predicted octanol–water partition coefficient (Wildman–Crippen LogP) is 1.96. The summed E-state index contributed by atoms with van der Waals surface area (Å²) in [6, 6.07) is 1.70. The van der Waals surface area contributed by atoms with E-state index in [9.17, 15) is 0 Å². The molecule has 1 N–H and O–H groups in total. The van der Waals surface area contributed by atoms with Crippen LogP contribution in [-0.4, -0.2) is 48.6 Å². The van der Waals surface area contributed by atoms with E-state index in [1.807, 2.05) is 0 Å². The fourth-order valence-corrected chi connectivity index (χ4v) is 3.94. The Morgan fingerprint density at radius 1 is 1.40 bits per heavy atom. The average Bonchev–Trinajstić information content (AvgIpc) is 2.90. The molecular formula is C12H24N2S. The van der Waals surface area contributed by atoms with Gasteiger partial charge in [0.15, 0.2) is 0 Å².